The van der Waals surface area contributed by atoms with Crippen LogP contribution in [0.15, 0.2) is 84.6 Å². The van der Waals surface area contributed by atoms with Crippen LogP contribution in [0.4, 0.5) is 0 Å². The van der Waals surface area contributed by atoms with Crippen molar-refractivity contribution in [3.8, 4) is 5.75 Å². The van der Waals surface area contributed by atoms with Crippen molar-refractivity contribution < 1.29 is 63.4 Å². The molecule has 2 aliphatic carbocycles. The predicted octanol–water partition coefficient (Wildman–Crippen LogP) is 2.01. The first-order chi connectivity index (χ1) is 28.2. The molecule has 2 aliphatic heterocycles. The number of aliphatic carboxylic acids is 2. The molecular formula is C43H45N3O13. The zero-order valence-electron chi connectivity index (χ0n) is 32.3. The molecule has 2 bridgehead atoms. The monoisotopic (exact) mass is 811 g/mol. The highest BCUT2D eigenvalue weighted by Crippen LogP contribution is 2.65. The number of amides is 2. The molecule has 1 saturated heterocycles. The molecule has 3 aromatic rings. The van der Waals surface area contributed by atoms with Crippen molar-refractivity contribution in [1.82, 2.24) is 15.5 Å². The van der Waals surface area contributed by atoms with Crippen molar-refractivity contribution in [2.45, 2.75) is 92.9 Å². The van der Waals surface area contributed by atoms with Crippen molar-refractivity contribution in [2.75, 3.05) is 13.6 Å². The van der Waals surface area contributed by atoms with Gasteiger partial charge in [-0.25, -0.2) is 9.59 Å². The molecule has 8 atom stereocenters. The Bertz CT molecular complexity index is 2200. The maximum Gasteiger partial charge on any atom is 0.326 e. The summed E-state index contributed by atoms with van der Waals surface area (Å²) in [6.45, 7) is 1.69. The van der Waals surface area contributed by atoms with Crippen molar-refractivity contribution in [2.24, 2.45) is 0 Å². The summed E-state index contributed by atoms with van der Waals surface area (Å²) in [5.74, 6) is -6.89. The summed E-state index contributed by atoms with van der Waals surface area (Å²) in [5.41, 5.74) is 0.155. The molecule has 4 aliphatic rings. The molecule has 2 unspecified atom stereocenters. The lowest BCUT2D eigenvalue weighted by Gasteiger charge is -2.62. The molecule has 59 heavy (non-hydrogen) atoms. The van der Waals surface area contributed by atoms with Gasteiger partial charge in [0.05, 0.1) is 36.8 Å². The molecule has 16 heteroatoms. The summed E-state index contributed by atoms with van der Waals surface area (Å²) in [6.07, 6.45) is -2.16. The number of carboxylic acid groups (broad SMARTS) is 2. The first-order valence-electron chi connectivity index (χ1n) is 19.3. The fourth-order valence-corrected chi connectivity index (χ4v) is 9.18. The molecule has 6 N–H and O–H groups in total. The summed E-state index contributed by atoms with van der Waals surface area (Å²) >= 11 is 0. The number of benzene rings is 3. The van der Waals surface area contributed by atoms with E-state index in [0.717, 1.165) is 5.56 Å². The number of ether oxygens (including phenoxy) is 3. The highest BCUT2D eigenvalue weighted by molar-refractivity contribution is 5.91. The second-order valence-corrected chi connectivity index (χ2v) is 15.5. The van der Waals surface area contributed by atoms with Crippen LogP contribution < -0.4 is 15.4 Å². The Hall–Kier alpha value is -6.10. The Morgan fingerprint density at radius 2 is 1.47 bits per heavy atom. The van der Waals surface area contributed by atoms with Gasteiger partial charge >= 0.3 is 23.9 Å². The number of carbonyl (C=O) groups excluding carboxylic acids is 4. The average molecular weight is 812 g/mol. The Balaban J connectivity index is 1.17. The van der Waals surface area contributed by atoms with Crippen LogP contribution in [0.25, 0.3) is 0 Å². The van der Waals surface area contributed by atoms with Crippen LogP contribution in [0.3, 0.4) is 0 Å². The van der Waals surface area contributed by atoms with Crippen LogP contribution in [-0.2, 0) is 56.7 Å². The number of rotatable bonds is 15. The normalized spacial score (nSPS) is 24.4. The van der Waals surface area contributed by atoms with Crippen LogP contribution >= 0.6 is 0 Å². The van der Waals surface area contributed by atoms with Crippen LogP contribution in [0.1, 0.15) is 72.4 Å². The number of hydrogen-bond donors (Lipinski definition) is 6. The SMILES string of the molecule is C[C@H](C(=O)N[C@@H](CC(=O)OC1=CC[C@@]2(OC(=O)C[C@H](NC(=O)[C@H](O)c3ccccc3)C(=O)O)[C@H]3Cc4ccc(CO)c5c4C2(CCN3C)C1O5)C(=O)O)c1ccccc1. The highest BCUT2D eigenvalue weighted by Gasteiger charge is 2.74. The average Bonchev–Trinajstić information content (AvgIpc) is 3.58. The summed E-state index contributed by atoms with van der Waals surface area (Å²) in [6, 6.07) is 16.3. The number of likely N-dealkylation sites (tertiary alicyclic amines) is 1. The van der Waals surface area contributed by atoms with Crippen molar-refractivity contribution >= 4 is 35.7 Å². The van der Waals surface area contributed by atoms with Crippen molar-refractivity contribution in [1.29, 1.82) is 0 Å². The zero-order chi connectivity index (χ0) is 42.2. The van der Waals surface area contributed by atoms with E-state index in [4.69, 9.17) is 14.2 Å². The van der Waals surface area contributed by atoms with E-state index >= 15 is 0 Å². The van der Waals surface area contributed by atoms with Gasteiger partial charge in [-0.2, -0.15) is 0 Å². The summed E-state index contributed by atoms with van der Waals surface area (Å²) in [5, 5.41) is 45.7. The molecule has 0 radical (unpaired) electrons. The van der Waals surface area contributed by atoms with Crippen molar-refractivity contribution in [3.63, 3.8) is 0 Å². The third kappa shape index (κ3) is 7.32. The van der Waals surface area contributed by atoms with E-state index in [0.29, 0.717) is 41.8 Å². The maximum absolute atomic E-state index is 14.1. The zero-order valence-corrected chi connectivity index (χ0v) is 32.3. The summed E-state index contributed by atoms with van der Waals surface area (Å²) in [4.78, 5) is 80.4. The minimum atomic E-state index is -1.77. The molecule has 310 valence electrons. The van der Waals surface area contributed by atoms with E-state index in [-0.39, 0.29) is 17.7 Å². The number of piperidine rings is 1. The lowest BCUT2D eigenvalue weighted by atomic mass is 9.50. The number of esters is 2. The van der Waals surface area contributed by atoms with Gasteiger partial charge in [-0.1, -0.05) is 72.8 Å². The quantitative estimate of drug-likeness (QED) is 0.121. The number of nitrogens with zero attached hydrogens (tertiary/aromatic N) is 1. The van der Waals surface area contributed by atoms with Gasteiger partial charge < -0.3 is 45.3 Å². The number of likely N-dealkylation sites (N-methyl/N-ethyl adjacent to an activating group) is 1. The second-order valence-electron chi connectivity index (χ2n) is 15.5. The molecule has 1 spiro atoms. The predicted molar refractivity (Wildman–Crippen MR) is 205 cm³/mol. The molecule has 0 saturated carbocycles. The molecular weight excluding hydrogens is 766 g/mol. The topological polar surface area (TPSA) is 238 Å². The second kappa shape index (κ2) is 16.3. The third-order valence-electron chi connectivity index (χ3n) is 12.1. The maximum atomic E-state index is 14.1. The van der Waals surface area contributed by atoms with Gasteiger partial charge in [-0.3, -0.25) is 24.1 Å². The third-order valence-corrected chi connectivity index (χ3v) is 12.1. The molecule has 0 aromatic heterocycles. The fourth-order valence-electron chi connectivity index (χ4n) is 9.18. The van der Waals surface area contributed by atoms with E-state index < -0.39 is 102 Å². The number of hydrogen-bond acceptors (Lipinski definition) is 12. The van der Waals surface area contributed by atoms with Crippen LogP contribution in [0, 0.1) is 0 Å². The minimum absolute atomic E-state index is 0.0246. The smallest absolute Gasteiger partial charge is 0.326 e. The highest BCUT2D eigenvalue weighted by atomic mass is 16.6. The van der Waals surface area contributed by atoms with Gasteiger partial charge in [0.2, 0.25) is 5.91 Å². The Morgan fingerprint density at radius 1 is 0.864 bits per heavy atom. The molecule has 16 nitrogen and oxygen atoms in total. The lowest BCUT2D eigenvalue weighted by molar-refractivity contribution is -0.207. The van der Waals surface area contributed by atoms with Gasteiger partial charge in [0.15, 0.2) is 12.2 Å². The number of aliphatic hydroxyl groups excluding tert-OH is 2. The molecule has 3 aromatic carbocycles. The molecule has 1 fully saturated rings. The Labute approximate surface area is 338 Å². The van der Waals surface area contributed by atoms with Crippen LogP contribution in [0.2, 0.25) is 0 Å². The Morgan fingerprint density at radius 3 is 2.10 bits per heavy atom. The van der Waals surface area contributed by atoms with Gasteiger partial charge in [-0.05, 0) is 56.1 Å². The number of nitrogens with one attached hydrogen (secondary N) is 2. The van der Waals surface area contributed by atoms with Crippen LogP contribution in [0.5, 0.6) is 5.75 Å². The van der Waals surface area contributed by atoms with Gasteiger partial charge in [-0.15, -0.1) is 0 Å². The lowest BCUT2D eigenvalue weighted by Crippen LogP contribution is -2.75. The summed E-state index contributed by atoms with van der Waals surface area (Å²) < 4.78 is 19.0. The van der Waals surface area contributed by atoms with Gasteiger partial charge in [0.1, 0.15) is 29.2 Å². The number of aliphatic hydroxyl groups is 2. The van der Waals surface area contributed by atoms with E-state index in [1.54, 1.807) is 61.5 Å². The van der Waals surface area contributed by atoms with Gasteiger partial charge in [0, 0.05) is 17.5 Å². The minimum Gasteiger partial charge on any atom is -0.481 e. The summed E-state index contributed by atoms with van der Waals surface area (Å²) in [7, 11) is 1.87. The molecule has 2 heterocycles. The van der Waals surface area contributed by atoms with Crippen LogP contribution in [-0.4, -0.2) is 104 Å². The number of carboxylic acids is 2. The Kier molecular flexibility index (Phi) is 11.3. The van der Waals surface area contributed by atoms with E-state index in [9.17, 15) is 49.2 Å². The first-order valence-corrected chi connectivity index (χ1v) is 19.3. The van der Waals surface area contributed by atoms with E-state index in [1.165, 1.54) is 18.2 Å². The molecule has 2 amide bonds. The number of carbonyl (C=O) groups is 6. The van der Waals surface area contributed by atoms with E-state index in [1.807, 2.05) is 18.0 Å². The van der Waals surface area contributed by atoms with E-state index in [2.05, 4.69) is 10.6 Å². The largest absolute Gasteiger partial charge is 0.481 e. The van der Waals surface area contributed by atoms with Gasteiger partial charge in [0.25, 0.3) is 5.91 Å². The standard InChI is InChI=1S/C43H45N3O13/c1-23(24-9-5-3-6-10-24)38(51)44-28(40(53)54)20-32(48)57-30-15-16-43(59-33(49)21-29(41(55)56)45-39(52)35(50)25-11-7-4-8-12-25)31-19-26-13-14-27(22-47)36-34(26)42(43,37(30)58-36)17-18-46(31)2/h3-15,23,28-29,31,35,37,47,50H,16-22H2,1-2H3,(H,44,51)(H,45,52)(H,53,54)(H,55,56)/t23-,28-,29-,31+,35+,37?,42?,43+/m0/s1. The first kappa shape index (κ1) is 41.1. The van der Waals surface area contributed by atoms with Crippen molar-refractivity contribution in [3.05, 3.63) is 112 Å². The molecule has 7 rings (SSSR count). The fraction of sp³-hybridized carbons (Fsp3) is 0.395.